The van der Waals surface area contributed by atoms with E-state index in [0.29, 0.717) is 5.92 Å². The Kier molecular flexibility index (Phi) is 4.25. The van der Waals surface area contributed by atoms with Crippen LogP contribution in [0.15, 0.2) is 24.3 Å². The minimum Gasteiger partial charge on any atom is -0.491 e. The zero-order valence-corrected chi connectivity index (χ0v) is 11.2. The van der Waals surface area contributed by atoms with Crippen LogP contribution in [0.25, 0.3) is 0 Å². The van der Waals surface area contributed by atoms with Gasteiger partial charge in [-0.1, -0.05) is 18.6 Å². The summed E-state index contributed by atoms with van der Waals surface area (Å²) in [5.41, 5.74) is 7.09. The first-order valence-electron chi connectivity index (χ1n) is 6.78. The number of rotatable bonds is 5. The summed E-state index contributed by atoms with van der Waals surface area (Å²) in [6.45, 7) is 4.00. The van der Waals surface area contributed by atoms with Crippen molar-refractivity contribution in [3.8, 4) is 5.75 Å². The molecule has 2 atom stereocenters. The van der Waals surface area contributed by atoms with Crippen molar-refractivity contribution in [1.29, 1.82) is 0 Å². The molecule has 0 unspecified atom stereocenters. The fourth-order valence-corrected chi connectivity index (χ4v) is 2.31. The van der Waals surface area contributed by atoms with E-state index in [1.165, 1.54) is 6.42 Å². The van der Waals surface area contributed by atoms with Crippen LogP contribution in [0.2, 0.25) is 0 Å². The molecule has 0 amide bonds. The maximum absolute atomic E-state index is 10.1. The van der Waals surface area contributed by atoms with Gasteiger partial charge in [-0.25, -0.2) is 0 Å². The lowest BCUT2D eigenvalue weighted by molar-refractivity contribution is 0.0413. The fraction of sp³-hybridized carbons (Fsp3) is 0.600. The number of aliphatic hydroxyl groups excluding tert-OH is 1. The number of nitrogens with two attached hydrogens (primary N) is 1. The van der Waals surface area contributed by atoms with Crippen molar-refractivity contribution >= 4 is 0 Å². The molecule has 0 heterocycles. The van der Waals surface area contributed by atoms with Crippen LogP contribution in [0.3, 0.4) is 0 Å². The standard InChI is InChI=1S/C15H23NO2/c1-10(2)18-13-8-6-11(7-9-13)14(16)15(17)12-4-3-5-12/h6-10,12,14-15,17H,3-5,16H2,1-2H3/t14-,15+/m0/s1. The molecule has 18 heavy (non-hydrogen) atoms. The number of ether oxygens (including phenoxy) is 1. The highest BCUT2D eigenvalue weighted by atomic mass is 16.5. The lowest BCUT2D eigenvalue weighted by Gasteiger charge is -2.33. The normalized spacial score (nSPS) is 19.4. The van der Waals surface area contributed by atoms with Crippen LogP contribution in [0.5, 0.6) is 5.75 Å². The van der Waals surface area contributed by atoms with E-state index in [1.807, 2.05) is 38.1 Å². The van der Waals surface area contributed by atoms with Gasteiger partial charge in [-0.15, -0.1) is 0 Å². The Balaban J connectivity index is 1.99. The van der Waals surface area contributed by atoms with Crippen molar-refractivity contribution in [1.82, 2.24) is 0 Å². The lowest BCUT2D eigenvalue weighted by atomic mass is 9.77. The van der Waals surface area contributed by atoms with Gasteiger partial charge in [0.1, 0.15) is 5.75 Å². The van der Waals surface area contributed by atoms with Gasteiger partial charge < -0.3 is 15.6 Å². The van der Waals surface area contributed by atoms with Gasteiger partial charge in [-0.2, -0.15) is 0 Å². The molecule has 1 fully saturated rings. The zero-order chi connectivity index (χ0) is 13.1. The third-order valence-corrected chi connectivity index (χ3v) is 3.64. The Morgan fingerprint density at radius 3 is 2.28 bits per heavy atom. The van der Waals surface area contributed by atoms with E-state index in [4.69, 9.17) is 10.5 Å². The van der Waals surface area contributed by atoms with Gasteiger partial charge in [0, 0.05) is 0 Å². The summed E-state index contributed by atoms with van der Waals surface area (Å²) in [6.07, 6.45) is 3.17. The largest absolute Gasteiger partial charge is 0.491 e. The summed E-state index contributed by atoms with van der Waals surface area (Å²) in [5.74, 6) is 1.23. The molecule has 3 N–H and O–H groups in total. The predicted octanol–water partition coefficient (Wildman–Crippen LogP) is 2.63. The molecular weight excluding hydrogens is 226 g/mol. The molecule has 1 aromatic carbocycles. The third-order valence-electron chi connectivity index (χ3n) is 3.64. The molecule has 1 aliphatic carbocycles. The molecule has 3 heteroatoms. The summed E-state index contributed by atoms with van der Waals surface area (Å²) in [6, 6.07) is 7.45. The summed E-state index contributed by atoms with van der Waals surface area (Å²) < 4.78 is 5.59. The molecule has 1 aromatic rings. The molecule has 0 spiro atoms. The van der Waals surface area contributed by atoms with E-state index in [0.717, 1.165) is 24.2 Å². The number of aliphatic hydroxyl groups is 1. The van der Waals surface area contributed by atoms with Gasteiger partial charge in [0.25, 0.3) is 0 Å². The van der Waals surface area contributed by atoms with Gasteiger partial charge in [0.15, 0.2) is 0 Å². The van der Waals surface area contributed by atoms with Gasteiger partial charge >= 0.3 is 0 Å². The number of hydrogen-bond donors (Lipinski definition) is 2. The highest BCUT2D eigenvalue weighted by Gasteiger charge is 2.30. The molecular formula is C15H23NO2. The van der Waals surface area contributed by atoms with Crippen molar-refractivity contribution < 1.29 is 9.84 Å². The first kappa shape index (κ1) is 13.4. The molecule has 0 saturated heterocycles. The molecule has 0 bridgehead atoms. The smallest absolute Gasteiger partial charge is 0.119 e. The van der Waals surface area contributed by atoms with Crippen molar-refractivity contribution in [2.24, 2.45) is 11.7 Å². The molecule has 3 nitrogen and oxygen atoms in total. The second-order valence-electron chi connectivity index (χ2n) is 5.44. The van der Waals surface area contributed by atoms with Crippen molar-refractivity contribution in [2.75, 3.05) is 0 Å². The molecule has 2 rings (SSSR count). The van der Waals surface area contributed by atoms with Crippen LogP contribution in [0, 0.1) is 5.92 Å². The summed E-state index contributed by atoms with van der Waals surface area (Å²) in [7, 11) is 0. The maximum Gasteiger partial charge on any atom is 0.119 e. The predicted molar refractivity (Wildman–Crippen MR) is 72.5 cm³/mol. The fourth-order valence-electron chi connectivity index (χ4n) is 2.31. The van der Waals surface area contributed by atoms with E-state index < -0.39 is 6.10 Å². The summed E-state index contributed by atoms with van der Waals surface area (Å²) in [4.78, 5) is 0. The Morgan fingerprint density at radius 2 is 1.83 bits per heavy atom. The molecule has 1 saturated carbocycles. The summed E-state index contributed by atoms with van der Waals surface area (Å²) >= 11 is 0. The minimum absolute atomic E-state index is 0.171. The molecule has 1 aliphatic rings. The van der Waals surface area contributed by atoms with Gasteiger partial charge in [0.05, 0.1) is 18.2 Å². The van der Waals surface area contributed by atoms with Crippen molar-refractivity contribution in [3.63, 3.8) is 0 Å². The van der Waals surface area contributed by atoms with Crippen molar-refractivity contribution in [2.45, 2.75) is 51.4 Å². The zero-order valence-electron chi connectivity index (χ0n) is 11.2. The topological polar surface area (TPSA) is 55.5 Å². The van der Waals surface area contributed by atoms with Gasteiger partial charge in [0.2, 0.25) is 0 Å². The minimum atomic E-state index is -0.421. The molecule has 0 aliphatic heterocycles. The van der Waals surface area contributed by atoms with E-state index in [1.54, 1.807) is 0 Å². The highest BCUT2D eigenvalue weighted by Crippen LogP contribution is 2.34. The van der Waals surface area contributed by atoms with Gasteiger partial charge in [-0.3, -0.25) is 0 Å². The monoisotopic (exact) mass is 249 g/mol. The average Bonchev–Trinajstić information content (AvgIpc) is 2.26. The number of benzene rings is 1. The quantitative estimate of drug-likeness (QED) is 0.843. The Morgan fingerprint density at radius 1 is 1.22 bits per heavy atom. The molecule has 100 valence electrons. The third kappa shape index (κ3) is 3.03. The van der Waals surface area contributed by atoms with Crippen LogP contribution in [-0.2, 0) is 0 Å². The lowest BCUT2D eigenvalue weighted by Crippen LogP contribution is -2.36. The van der Waals surface area contributed by atoms with Crippen molar-refractivity contribution in [3.05, 3.63) is 29.8 Å². The molecule has 0 radical (unpaired) electrons. The first-order valence-corrected chi connectivity index (χ1v) is 6.78. The summed E-state index contributed by atoms with van der Waals surface area (Å²) in [5, 5.41) is 10.1. The van der Waals surface area contributed by atoms with Crippen LogP contribution >= 0.6 is 0 Å². The Labute approximate surface area is 109 Å². The van der Waals surface area contributed by atoms with E-state index in [-0.39, 0.29) is 12.1 Å². The number of hydrogen-bond acceptors (Lipinski definition) is 3. The Bertz CT molecular complexity index is 371. The van der Waals surface area contributed by atoms with Crippen LogP contribution in [0.4, 0.5) is 0 Å². The van der Waals surface area contributed by atoms with Crippen LogP contribution in [0.1, 0.15) is 44.7 Å². The second-order valence-corrected chi connectivity index (χ2v) is 5.44. The molecule has 0 aromatic heterocycles. The maximum atomic E-state index is 10.1. The van der Waals surface area contributed by atoms with Crippen LogP contribution in [-0.4, -0.2) is 17.3 Å². The highest BCUT2D eigenvalue weighted by molar-refractivity contribution is 5.29. The van der Waals surface area contributed by atoms with Crippen LogP contribution < -0.4 is 10.5 Å². The second kappa shape index (κ2) is 5.72. The Hall–Kier alpha value is -1.06. The van der Waals surface area contributed by atoms with E-state index in [9.17, 15) is 5.11 Å². The van der Waals surface area contributed by atoms with E-state index >= 15 is 0 Å². The van der Waals surface area contributed by atoms with Gasteiger partial charge in [-0.05, 0) is 50.3 Å². The first-order chi connectivity index (χ1) is 8.58. The average molecular weight is 249 g/mol. The SMILES string of the molecule is CC(C)Oc1ccc([C@H](N)[C@H](O)C2CCC2)cc1. The van der Waals surface area contributed by atoms with E-state index in [2.05, 4.69) is 0 Å².